The fraction of sp³-hybridized carbons (Fsp3) is 0.529. The monoisotopic (exact) mass is 417 g/mol. The summed E-state index contributed by atoms with van der Waals surface area (Å²) in [5, 5.41) is 3.54. The molecule has 1 aromatic rings. The molecule has 0 saturated carbocycles. The molecule has 0 atom stereocenters. The standard InChI is InChI=1S/C17H25Br2NO/c1-6-12(11-20-17(3,4)5)8-13-9-14(18)16(21-7-2)15(19)10-13/h8-10,20H,6-7,11H2,1-5H3. The molecule has 0 aliphatic rings. The number of ether oxygens (including phenoxy) is 1. The minimum absolute atomic E-state index is 0.133. The lowest BCUT2D eigenvalue weighted by Crippen LogP contribution is -2.36. The fourth-order valence-corrected chi connectivity index (χ4v) is 3.29. The Morgan fingerprint density at radius 1 is 1.19 bits per heavy atom. The zero-order valence-electron chi connectivity index (χ0n) is 13.5. The van der Waals surface area contributed by atoms with Crippen molar-refractivity contribution in [3.63, 3.8) is 0 Å². The first-order valence-electron chi connectivity index (χ1n) is 7.33. The van der Waals surface area contributed by atoms with Gasteiger partial charge < -0.3 is 10.1 Å². The summed E-state index contributed by atoms with van der Waals surface area (Å²) in [4.78, 5) is 0. The van der Waals surface area contributed by atoms with Crippen molar-refractivity contribution < 1.29 is 4.74 Å². The highest BCUT2D eigenvalue weighted by atomic mass is 79.9. The molecule has 0 radical (unpaired) electrons. The predicted molar refractivity (Wildman–Crippen MR) is 99.0 cm³/mol. The van der Waals surface area contributed by atoms with Gasteiger partial charge in [-0.25, -0.2) is 0 Å². The third-order valence-corrected chi connectivity index (χ3v) is 4.16. The van der Waals surface area contributed by atoms with Crippen LogP contribution in [0.2, 0.25) is 0 Å². The molecule has 0 saturated heterocycles. The van der Waals surface area contributed by atoms with Gasteiger partial charge in [-0.05, 0) is 83.7 Å². The average Bonchev–Trinajstić information content (AvgIpc) is 2.37. The lowest BCUT2D eigenvalue weighted by Gasteiger charge is -2.21. The van der Waals surface area contributed by atoms with Gasteiger partial charge in [-0.3, -0.25) is 0 Å². The van der Waals surface area contributed by atoms with Crippen molar-refractivity contribution in [1.82, 2.24) is 5.32 Å². The Labute approximate surface area is 145 Å². The third kappa shape index (κ3) is 6.54. The molecule has 0 bridgehead atoms. The molecule has 118 valence electrons. The van der Waals surface area contributed by atoms with Crippen molar-refractivity contribution in [3.8, 4) is 5.75 Å². The summed E-state index contributed by atoms with van der Waals surface area (Å²) in [5.74, 6) is 0.862. The van der Waals surface area contributed by atoms with Crippen LogP contribution in [-0.4, -0.2) is 18.7 Å². The zero-order valence-corrected chi connectivity index (χ0v) is 16.7. The van der Waals surface area contributed by atoms with Gasteiger partial charge in [0.25, 0.3) is 0 Å². The van der Waals surface area contributed by atoms with Crippen molar-refractivity contribution in [3.05, 3.63) is 32.2 Å². The topological polar surface area (TPSA) is 21.3 Å². The Hall–Kier alpha value is -0.320. The van der Waals surface area contributed by atoms with Gasteiger partial charge in [-0.15, -0.1) is 0 Å². The Kier molecular flexibility index (Phi) is 7.45. The molecule has 0 amide bonds. The number of halogens is 2. The Morgan fingerprint density at radius 2 is 1.76 bits per heavy atom. The van der Waals surface area contributed by atoms with E-state index in [4.69, 9.17) is 4.74 Å². The number of hydrogen-bond donors (Lipinski definition) is 1. The molecule has 21 heavy (non-hydrogen) atoms. The first-order valence-corrected chi connectivity index (χ1v) is 8.91. The van der Waals surface area contributed by atoms with Gasteiger partial charge in [0.05, 0.1) is 15.6 Å². The van der Waals surface area contributed by atoms with Crippen LogP contribution in [0.1, 0.15) is 46.6 Å². The van der Waals surface area contributed by atoms with Gasteiger partial charge in [0, 0.05) is 12.1 Å². The maximum absolute atomic E-state index is 5.62. The highest BCUT2D eigenvalue weighted by Gasteiger charge is 2.10. The molecule has 0 aromatic heterocycles. The van der Waals surface area contributed by atoms with Crippen LogP contribution in [0.5, 0.6) is 5.75 Å². The fourth-order valence-electron chi connectivity index (χ4n) is 1.84. The van der Waals surface area contributed by atoms with E-state index in [0.29, 0.717) is 6.61 Å². The maximum atomic E-state index is 5.62. The van der Waals surface area contributed by atoms with E-state index >= 15 is 0 Å². The summed E-state index contributed by atoms with van der Waals surface area (Å²) in [6.07, 6.45) is 3.27. The van der Waals surface area contributed by atoms with Crippen molar-refractivity contribution in [2.24, 2.45) is 0 Å². The van der Waals surface area contributed by atoms with E-state index < -0.39 is 0 Å². The highest BCUT2D eigenvalue weighted by molar-refractivity contribution is 9.11. The van der Waals surface area contributed by atoms with E-state index in [1.807, 2.05) is 6.92 Å². The minimum atomic E-state index is 0.133. The summed E-state index contributed by atoms with van der Waals surface area (Å²) in [5.41, 5.74) is 2.69. The predicted octanol–water partition coefficient (Wildman–Crippen LogP) is 5.79. The molecule has 0 aliphatic carbocycles. The van der Waals surface area contributed by atoms with Crippen molar-refractivity contribution >= 4 is 37.9 Å². The molecular weight excluding hydrogens is 394 g/mol. The lowest BCUT2D eigenvalue weighted by atomic mass is 10.1. The zero-order chi connectivity index (χ0) is 16.0. The molecule has 1 N–H and O–H groups in total. The Morgan fingerprint density at radius 3 is 2.19 bits per heavy atom. The van der Waals surface area contributed by atoms with Crippen molar-refractivity contribution in [2.75, 3.05) is 13.2 Å². The summed E-state index contributed by atoms with van der Waals surface area (Å²) in [6, 6.07) is 4.20. The van der Waals surface area contributed by atoms with E-state index in [0.717, 1.165) is 27.7 Å². The van der Waals surface area contributed by atoms with Gasteiger partial charge in [-0.1, -0.05) is 18.6 Å². The van der Waals surface area contributed by atoms with Gasteiger partial charge in [-0.2, -0.15) is 0 Å². The van der Waals surface area contributed by atoms with Crippen molar-refractivity contribution in [1.29, 1.82) is 0 Å². The van der Waals surface area contributed by atoms with E-state index in [1.54, 1.807) is 0 Å². The van der Waals surface area contributed by atoms with Crippen LogP contribution in [0.25, 0.3) is 6.08 Å². The molecule has 2 nitrogen and oxygen atoms in total. The third-order valence-electron chi connectivity index (χ3n) is 2.98. The maximum Gasteiger partial charge on any atom is 0.147 e. The van der Waals surface area contributed by atoms with Crippen LogP contribution in [0, 0.1) is 0 Å². The molecule has 0 fully saturated rings. The first-order chi connectivity index (χ1) is 9.76. The van der Waals surface area contributed by atoms with Gasteiger partial charge in [0.2, 0.25) is 0 Å². The van der Waals surface area contributed by atoms with Crippen LogP contribution in [0.15, 0.2) is 26.7 Å². The quantitative estimate of drug-likeness (QED) is 0.630. The van der Waals surface area contributed by atoms with Crippen LogP contribution in [-0.2, 0) is 0 Å². The molecular formula is C17H25Br2NO. The van der Waals surface area contributed by atoms with Crippen LogP contribution in [0.3, 0.4) is 0 Å². The molecule has 1 aromatic carbocycles. The second-order valence-corrected chi connectivity index (χ2v) is 7.72. The number of hydrogen-bond acceptors (Lipinski definition) is 2. The minimum Gasteiger partial charge on any atom is -0.492 e. The van der Waals surface area contributed by atoms with E-state index in [9.17, 15) is 0 Å². The lowest BCUT2D eigenvalue weighted by molar-refractivity contribution is 0.336. The summed E-state index contributed by atoms with van der Waals surface area (Å²) < 4.78 is 7.57. The second kappa shape index (κ2) is 8.35. The van der Waals surface area contributed by atoms with Crippen molar-refractivity contribution in [2.45, 2.75) is 46.6 Å². The van der Waals surface area contributed by atoms with E-state index in [-0.39, 0.29) is 5.54 Å². The van der Waals surface area contributed by atoms with E-state index in [1.165, 1.54) is 11.1 Å². The Balaban J connectivity index is 2.96. The Bertz CT molecular complexity index is 481. The van der Waals surface area contributed by atoms with Crippen LogP contribution >= 0.6 is 31.9 Å². The van der Waals surface area contributed by atoms with E-state index in [2.05, 4.69) is 83.1 Å². The summed E-state index contributed by atoms with van der Waals surface area (Å²) >= 11 is 7.16. The second-order valence-electron chi connectivity index (χ2n) is 6.01. The van der Waals surface area contributed by atoms with Crippen LogP contribution < -0.4 is 10.1 Å². The number of benzene rings is 1. The summed E-state index contributed by atoms with van der Waals surface area (Å²) in [7, 11) is 0. The summed E-state index contributed by atoms with van der Waals surface area (Å²) in [6.45, 7) is 12.3. The largest absolute Gasteiger partial charge is 0.492 e. The molecule has 0 aliphatic heterocycles. The van der Waals surface area contributed by atoms with Gasteiger partial charge in [0.15, 0.2) is 0 Å². The van der Waals surface area contributed by atoms with Gasteiger partial charge in [0.1, 0.15) is 5.75 Å². The molecule has 0 heterocycles. The number of rotatable bonds is 6. The highest BCUT2D eigenvalue weighted by Crippen LogP contribution is 2.35. The molecule has 4 heteroatoms. The average molecular weight is 419 g/mol. The number of nitrogens with one attached hydrogen (secondary N) is 1. The molecule has 0 spiro atoms. The smallest absolute Gasteiger partial charge is 0.147 e. The van der Waals surface area contributed by atoms with Crippen LogP contribution in [0.4, 0.5) is 0 Å². The van der Waals surface area contributed by atoms with Gasteiger partial charge >= 0.3 is 0 Å². The normalized spacial score (nSPS) is 12.6. The SMILES string of the molecule is CCOc1c(Br)cc(C=C(CC)CNC(C)(C)C)cc1Br. The molecule has 0 unspecified atom stereocenters. The first kappa shape index (κ1) is 18.7. The molecule has 1 rings (SSSR count).